The second kappa shape index (κ2) is 7.62. The zero-order valence-electron chi connectivity index (χ0n) is 15.3. The molecule has 6 heteroatoms. The lowest BCUT2D eigenvalue weighted by Crippen LogP contribution is -2.44. The van der Waals surface area contributed by atoms with E-state index in [0.29, 0.717) is 10.8 Å². The van der Waals surface area contributed by atoms with Gasteiger partial charge in [0.1, 0.15) is 0 Å². The molecule has 0 unspecified atom stereocenters. The zero-order valence-corrected chi connectivity index (χ0v) is 16.0. The maximum atomic E-state index is 12.8. The van der Waals surface area contributed by atoms with E-state index in [9.17, 15) is 4.79 Å². The highest BCUT2D eigenvalue weighted by Gasteiger charge is 2.29. The molecule has 2 saturated heterocycles. The van der Waals surface area contributed by atoms with E-state index < -0.39 is 0 Å². The van der Waals surface area contributed by atoms with Crippen LogP contribution in [0.4, 0.5) is 11.4 Å². The van der Waals surface area contributed by atoms with Gasteiger partial charge in [-0.3, -0.25) is 9.69 Å². The summed E-state index contributed by atoms with van der Waals surface area (Å²) in [6, 6.07) is 15.4. The monoisotopic (exact) mass is 383 g/mol. The third-order valence-electron chi connectivity index (χ3n) is 5.01. The van der Waals surface area contributed by atoms with E-state index in [0.717, 1.165) is 43.1 Å². The normalized spacial score (nSPS) is 19.6. The molecule has 0 saturated carbocycles. The lowest BCUT2D eigenvalue weighted by atomic mass is 10.1. The summed E-state index contributed by atoms with van der Waals surface area (Å²) in [6.07, 6.45) is 1.85. The number of amides is 1. The van der Waals surface area contributed by atoms with Crippen LogP contribution >= 0.6 is 11.6 Å². The number of ether oxygens (including phenoxy) is 1. The summed E-state index contributed by atoms with van der Waals surface area (Å²) in [6.45, 7) is 4.23. The Morgan fingerprint density at radius 3 is 2.44 bits per heavy atom. The number of hydrogen-bond donors (Lipinski definition) is 0. The van der Waals surface area contributed by atoms with Crippen molar-refractivity contribution in [3.8, 4) is 0 Å². The van der Waals surface area contributed by atoms with Gasteiger partial charge < -0.3 is 14.5 Å². The standard InChI is InChI=1S/C21H22ClN3O2/c1-23-10-12-24(13-11-23)19-5-3-2-4-16(19)14-20-21(26)25(15-27-20)18-8-6-17(22)7-9-18/h2-9,14H,10-13,15H2,1H3. The predicted octanol–water partition coefficient (Wildman–Crippen LogP) is 3.45. The van der Waals surface area contributed by atoms with Crippen LogP contribution in [0, 0.1) is 0 Å². The van der Waals surface area contributed by atoms with Crippen molar-refractivity contribution in [2.45, 2.75) is 0 Å². The molecule has 2 heterocycles. The number of rotatable bonds is 3. The van der Waals surface area contributed by atoms with Crippen molar-refractivity contribution in [1.82, 2.24) is 4.90 Å². The smallest absolute Gasteiger partial charge is 0.296 e. The van der Waals surface area contributed by atoms with Gasteiger partial charge in [-0.25, -0.2) is 0 Å². The Morgan fingerprint density at radius 2 is 1.70 bits per heavy atom. The first-order valence-electron chi connectivity index (χ1n) is 9.06. The van der Waals surface area contributed by atoms with Gasteiger partial charge in [-0.1, -0.05) is 29.8 Å². The Hall–Kier alpha value is -2.50. The Morgan fingerprint density at radius 1 is 1.00 bits per heavy atom. The van der Waals surface area contributed by atoms with Crippen LogP contribution in [0.2, 0.25) is 5.02 Å². The molecular weight excluding hydrogens is 362 g/mol. The number of nitrogens with zero attached hydrogens (tertiary/aromatic N) is 3. The van der Waals surface area contributed by atoms with Crippen LogP contribution in [0.1, 0.15) is 5.56 Å². The van der Waals surface area contributed by atoms with Crippen molar-refractivity contribution in [2.75, 3.05) is 49.8 Å². The van der Waals surface area contributed by atoms with E-state index in [2.05, 4.69) is 22.9 Å². The summed E-state index contributed by atoms with van der Waals surface area (Å²) in [5.74, 6) is 0.233. The van der Waals surface area contributed by atoms with Gasteiger partial charge in [0.05, 0.1) is 0 Å². The number of likely N-dealkylation sites (N-methyl/N-ethyl adjacent to an activating group) is 1. The van der Waals surface area contributed by atoms with Gasteiger partial charge in [0.25, 0.3) is 5.91 Å². The Balaban J connectivity index is 1.57. The molecule has 0 radical (unpaired) electrons. The molecule has 4 rings (SSSR count). The van der Waals surface area contributed by atoms with E-state index in [-0.39, 0.29) is 12.6 Å². The van der Waals surface area contributed by atoms with E-state index in [1.807, 2.05) is 36.4 Å². The zero-order chi connectivity index (χ0) is 18.8. The summed E-state index contributed by atoms with van der Waals surface area (Å²) in [4.78, 5) is 19.1. The average molecular weight is 384 g/mol. The van der Waals surface area contributed by atoms with Crippen molar-refractivity contribution in [3.05, 3.63) is 64.9 Å². The Labute approximate surface area is 164 Å². The van der Waals surface area contributed by atoms with Crippen molar-refractivity contribution in [1.29, 1.82) is 0 Å². The van der Waals surface area contributed by atoms with Crippen LogP contribution in [0.5, 0.6) is 0 Å². The first-order valence-corrected chi connectivity index (χ1v) is 9.44. The van der Waals surface area contributed by atoms with Gasteiger partial charge >= 0.3 is 0 Å². The summed E-state index contributed by atoms with van der Waals surface area (Å²) >= 11 is 5.94. The highest BCUT2D eigenvalue weighted by molar-refractivity contribution is 6.30. The van der Waals surface area contributed by atoms with Gasteiger partial charge in [0.15, 0.2) is 12.5 Å². The van der Waals surface area contributed by atoms with Crippen LogP contribution in [0.25, 0.3) is 6.08 Å². The highest BCUT2D eigenvalue weighted by atomic mass is 35.5. The highest BCUT2D eigenvalue weighted by Crippen LogP contribution is 2.29. The molecule has 0 aliphatic carbocycles. The quantitative estimate of drug-likeness (QED) is 0.760. The fourth-order valence-electron chi connectivity index (χ4n) is 3.39. The van der Waals surface area contributed by atoms with Crippen molar-refractivity contribution < 1.29 is 9.53 Å². The molecule has 0 aromatic heterocycles. The van der Waals surface area contributed by atoms with Gasteiger partial charge in [-0.05, 0) is 43.5 Å². The minimum atomic E-state index is -0.134. The lowest BCUT2D eigenvalue weighted by molar-refractivity contribution is -0.114. The molecule has 5 nitrogen and oxygen atoms in total. The topological polar surface area (TPSA) is 36.0 Å². The summed E-state index contributed by atoms with van der Waals surface area (Å²) in [5, 5.41) is 0.642. The van der Waals surface area contributed by atoms with Crippen LogP contribution in [-0.4, -0.2) is 50.8 Å². The molecule has 0 atom stereocenters. The fraction of sp³-hybridized carbons (Fsp3) is 0.286. The van der Waals surface area contributed by atoms with Crippen molar-refractivity contribution >= 4 is 35.0 Å². The summed E-state index contributed by atoms with van der Waals surface area (Å²) in [7, 11) is 2.14. The average Bonchev–Trinajstić information content (AvgIpc) is 3.04. The number of halogens is 1. The minimum Gasteiger partial charge on any atom is -0.467 e. The molecule has 27 heavy (non-hydrogen) atoms. The van der Waals surface area contributed by atoms with Gasteiger partial charge in [0, 0.05) is 48.1 Å². The van der Waals surface area contributed by atoms with Crippen LogP contribution in [0.3, 0.4) is 0 Å². The van der Waals surface area contributed by atoms with Gasteiger partial charge in [-0.15, -0.1) is 0 Å². The molecule has 140 valence electrons. The molecule has 1 amide bonds. The first kappa shape index (κ1) is 17.9. The number of piperazine rings is 1. The number of anilines is 2. The molecule has 2 aliphatic heterocycles. The lowest BCUT2D eigenvalue weighted by Gasteiger charge is -2.34. The number of para-hydroxylation sites is 1. The largest absolute Gasteiger partial charge is 0.467 e. The molecule has 0 N–H and O–H groups in total. The van der Waals surface area contributed by atoms with Gasteiger partial charge in [-0.2, -0.15) is 0 Å². The van der Waals surface area contributed by atoms with E-state index in [1.165, 1.54) is 0 Å². The second-order valence-corrected chi connectivity index (χ2v) is 7.28. The third kappa shape index (κ3) is 3.80. The van der Waals surface area contributed by atoms with Crippen molar-refractivity contribution in [2.24, 2.45) is 0 Å². The molecule has 0 bridgehead atoms. The minimum absolute atomic E-state index is 0.134. The SMILES string of the molecule is CN1CCN(c2ccccc2C=C2OCN(c3ccc(Cl)cc3)C2=O)CC1. The Bertz CT molecular complexity index is 858. The second-order valence-electron chi connectivity index (χ2n) is 6.84. The summed E-state index contributed by atoms with van der Waals surface area (Å²) in [5.41, 5.74) is 2.92. The molecule has 2 fully saturated rings. The molecule has 0 spiro atoms. The maximum absolute atomic E-state index is 12.8. The molecular formula is C21H22ClN3O2. The number of hydrogen-bond acceptors (Lipinski definition) is 4. The van der Waals surface area contributed by atoms with Crippen LogP contribution < -0.4 is 9.80 Å². The first-order chi connectivity index (χ1) is 13.1. The molecule has 2 aliphatic rings. The fourth-order valence-corrected chi connectivity index (χ4v) is 3.52. The van der Waals surface area contributed by atoms with Crippen LogP contribution in [-0.2, 0) is 9.53 Å². The maximum Gasteiger partial charge on any atom is 0.296 e. The molecule has 2 aromatic carbocycles. The van der Waals surface area contributed by atoms with Gasteiger partial charge in [0.2, 0.25) is 0 Å². The third-order valence-corrected chi connectivity index (χ3v) is 5.26. The van der Waals surface area contributed by atoms with E-state index in [1.54, 1.807) is 17.0 Å². The Kier molecular flexibility index (Phi) is 5.05. The van der Waals surface area contributed by atoms with E-state index in [4.69, 9.17) is 16.3 Å². The number of benzene rings is 2. The summed E-state index contributed by atoms with van der Waals surface area (Å²) < 4.78 is 5.70. The number of carbonyl (C=O) groups is 1. The number of carbonyl (C=O) groups excluding carboxylic acids is 1. The predicted molar refractivity (Wildman–Crippen MR) is 109 cm³/mol. The van der Waals surface area contributed by atoms with Crippen molar-refractivity contribution in [3.63, 3.8) is 0 Å². The molecule has 2 aromatic rings. The van der Waals surface area contributed by atoms with E-state index >= 15 is 0 Å². The van der Waals surface area contributed by atoms with Crippen LogP contribution in [0.15, 0.2) is 54.3 Å².